The summed E-state index contributed by atoms with van der Waals surface area (Å²) in [5.41, 5.74) is 0.102. The standard InChI is InChI=1S/C15H20ClNO4/c1-15(2,3)10(8-18)7-17-13(19)11-5-4-9(14(20)21)6-12(11)16/h4-6,10,18H,7-8H2,1-3H3,(H,17,19)(H,20,21). The van der Waals surface area contributed by atoms with Gasteiger partial charge < -0.3 is 15.5 Å². The normalized spacial score (nSPS) is 12.8. The molecule has 0 radical (unpaired) electrons. The van der Waals surface area contributed by atoms with Gasteiger partial charge in [-0.15, -0.1) is 0 Å². The zero-order valence-electron chi connectivity index (χ0n) is 12.3. The Kier molecular flexibility index (Phi) is 5.75. The molecule has 1 unspecified atom stereocenters. The minimum atomic E-state index is -1.10. The third-order valence-electron chi connectivity index (χ3n) is 3.41. The summed E-state index contributed by atoms with van der Waals surface area (Å²) in [5, 5.41) is 21.0. The van der Waals surface area contributed by atoms with Crippen LogP contribution in [0.3, 0.4) is 0 Å². The average Bonchev–Trinajstić information content (AvgIpc) is 2.37. The second-order valence-electron chi connectivity index (χ2n) is 5.96. The van der Waals surface area contributed by atoms with Gasteiger partial charge in [0.25, 0.3) is 5.91 Å². The summed E-state index contributed by atoms with van der Waals surface area (Å²) in [6, 6.07) is 3.95. The summed E-state index contributed by atoms with van der Waals surface area (Å²) in [6.07, 6.45) is 0. The molecular formula is C15H20ClNO4. The Morgan fingerprint density at radius 2 is 1.95 bits per heavy atom. The molecule has 1 aromatic rings. The molecule has 0 aliphatic carbocycles. The van der Waals surface area contributed by atoms with E-state index in [1.807, 2.05) is 20.8 Å². The second kappa shape index (κ2) is 6.91. The summed E-state index contributed by atoms with van der Waals surface area (Å²) in [5.74, 6) is -1.57. The summed E-state index contributed by atoms with van der Waals surface area (Å²) in [4.78, 5) is 22.9. The minimum Gasteiger partial charge on any atom is -0.478 e. The molecule has 0 aromatic heterocycles. The monoisotopic (exact) mass is 313 g/mol. The number of hydrogen-bond acceptors (Lipinski definition) is 3. The molecule has 6 heteroatoms. The third-order valence-corrected chi connectivity index (χ3v) is 3.73. The van der Waals surface area contributed by atoms with Crippen molar-refractivity contribution in [1.82, 2.24) is 5.32 Å². The van der Waals surface area contributed by atoms with Crippen LogP contribution in [-0.4, -0.2) is 35.2 Å². The van der Waals surface area contributed by atoms with Crippen LogP contribution in [0.15, 0.2) is 18.2 Å². The average molecular weight is 314 g/mol. The summed E-state index contributed by atoms with van der Waals surface area (Å²) in [6.45, 7) is 6.23. The van der Waals surface area contributed by atoms with E-state index >= 15 is 0 Å². The lowest BCUT2D eigenvalue weighted by Gasteiger charge is -2.29. The summed E-state index contributed by atoms with van der Waals surface area (Å²) >= 11 is 5.93. The van der Waals surface area contributed by atoms with Gasteiger partial charge in [0.05, 0.1) is 16.1 Å². The number of carbonyl (C=O) groups excluding carboxylic acids is 1. The molecule has 5 nitrogen and oxygen atoms in total. The van der Waals surface area contributed by atoms with Gasteiger partial charge in [0.2, 0.25) is 0 Å². The van der Waals surface area contributed by atoms with E-state index in [2.05, 4.69) is 5.32 Å². The fourth-order valence-corrected chi connectivity index (χ4v) is 2.05. The van der Waals surface area contributed by atoms with Crippen LogP contribution in [0.25, 0.3) is 0 Å². The molecular weight excluding hydrogens is 294 g/mol. The van der Waals surface area contributed by atoms with Crippen LogP contribution in [0.2, 0.25) is 5.02 Å². The molecule has 0 aliphatic heterocycles. The van der Waals surface area contributed by atoms with Crippen LogP contribution in [-0.2, 0) is 0 Å². The first-order valence-electron chi connectivity index (χ1n) is 6.58. The number of carbonyl (C=O) groups is 2. The predicted octanol–water partition coefficient (Wildman–Crippen LogP) is 2.42. The Morgan fingerprint density at radius 1 is 1.33 bits per heavy atom. The summed E-state index contributed by atoms with van der Waals surface area (Å²) in [7, 11) is 0. The number of halogens is 1. The minimum absolute atomic E-state index is 0.0273. The number of carboxylic acid groups (broad SMARTS) is 1. The first-order chi connectivity index (χ1) is 9.66. The van der Waals surface area contributed by atoms with E-state index in [1.54, 1.807) is 0 Å². The SMILES string of the molecule is CC(C)(C)C(CO)CNC(=O)c1ccc(C(=O)O)cc1Cl. The Labute approximate surface area is 128 Å². The molecule has 1 aromatic carbocycles. The highest BCUT2D eigenvalue weighted by Gasteiger charge is 2.24. The molecule has 0 saturated heterocycles. The van der Waals surface area contributed by atoms with Crippen molar-refractivity contribution in [3.8, 4) is 0 Å². The van der Waals surface area contributed by atoms with Crippen LogP contribution >= 0.6 is 11.6 Å². The lowest BCUT2D eigenvalue weighted by atomic mass is 9.81. The van der Waals surface area contributed by atoms with Gasteiger partial charge in [-0.1, -0.05) is 32.4 Å². The molecule has 0 heterocycles. The number of rotatable bonds is 5. The Morgan fingerprint density at radius 3 is 2.38 bits per heavy atom. The molecule has 1 rings (SSSR count). The highest BCUT2D eigenvalue weighted by Crippen LogP contribution is 2.25. The predicted molar refractivity (Wildman–Crippen MR) is 80.8 cm³/mol. The Bertz CT molecular complexity index is 537. The third kappa shape index (κ3) is 4.72. The highest BCUT2D eigenvalue weighted by atomic mass is 35.5. The number of aliphatic hydroxyl groups excluding tert-OH is 1. The van der Waals surface area contributed by atoms with Crippen LogP contribution < -0.4 is 5.32 Å². The molecule has 21 heavy (non-hydrogen) atoms. The largest absolute Gasteiger partial charge is 0.478 e. The van der Waals surface area contributed by atoms with Crippen molar-refractivity contribution < 1.29 is 19.8 Å². The van der Waals surface area contributed by atoms with E-state index in [9.17, 15) is 14.7 Å². The van der Waals surface area contributed by atoms with E-state index < -0.39 is 5.97 Å². The van der Waals surface area contributed by atoms with Gasteiger partial charge in [-0.05, 0) is 23.6 Å². The van der Waals surface area contributed by atoms with Crippen molar-refractivity contribution in [1.29, 1.82) is 0 Å². The fraction of sp³-hybridized carbons (Fsp3) is 0.467. The molecule has 1 atom stereocenters. The zero-order chi connectivity index (χ0) is 16.2. The molecule has 116 valence electrons. The van der Waals surface area contributed by atoms with Crippen molar-refractivity contribution in [3.05, 3.63) is 34.3 Å². The quantitative estimate of drug-likeness (QED) is 0.779. The van der Waals surface area contributed by atoms with Gasteiger partial charge >= 0.3 is 5.97 Å². The maximum absolute atomic E-state index is 12.1. The fourth-order valence-electron chi connectivity index (χ4n) is 1.79. The van der Waals surface area contributed by atoms with Crippen LogP contribution in [0.1, 0.15) is 41.5 Å². The van der Waals surface area contributed by atoms with Crippen molar-refractivity contribution in [2.24, 2.45) is 11.3 Å². The van der Waals surface area contributed by atoms with E-state index in [4.69, 9.17) is 16.7 Å². The van der Waals surface area contributed by atoms with E-state index in [0.717, 1.165) is 0 Å². The van der Waals surface area contributed by atoms with Crippen molar-refractivity contribution in [2.75, 3.05) is 13.2 Å². The van der Waals surface area contributed by atoms with Gasteiger partial charge in [-0.2, -0.15) is 0 Å². The smallest absolute Gasteiger partial charge is 0.335 e. The molecule has 3 N–H and O–H groups in total. The Balaban J connectivity index is 2.79. The van der Waals surface area contributed by atoms with Gasteiger partial charge in [0.1, 0.15) is 0 Å². The number of benzene rings is 1. The number of hydrogen-bond donors (Lipinski definition) is 3. The first kappa shape index (κ1) is 17.5. The van der Waals surface area contributed by atoms with Crippen molar-refractivity contribution in [2.45, 2.75) is 20.8 Å². The molecule has 0 aliphatic rings. The highest BCUT2D eigenvalue weighted by molar-refractivity contribution is 6.34. The number of aliphatic hydroxyl groups is 1. The number of amides is 1. The summed E-state index contributed by atoms with van der Waals surface area (Å²) < 4.78 is 0. The molecule has 1 amide bonds. The van der Waals surface area contributed by atoms with Crippen LogP contribution in [0.4, 0.5) is 0 Å². The number of nitrogens with one attached hydrogen (secondary N) is 1. The van der Waals surface area contributed by atoms with Gasteiger partial charge in [-0.3, -0.25) is 4.79 Å². The molecule has 0 saturated carbocycles. The van der Waals surface area contributed by atoms with Crippen molar-refractivity contribution >= 4 is 23.5 Å². The molecule has 0 bridgehead atoms. The number of aromatic carboxylic acids is 1. The topological polar surface area (TPSA) is 86.6 Å². The lowest BCUT2D eigenvalue weighted by molar-refractivity contribution is 0.0696. The van der Waals surface area contributed by atoms with E-state index in [1.165, 1.54) is 18.2 Å². The van der Waals surface area contributed by atoms with Gasteiger partial charge in [0, 0.05) is 19.1 Å². The first-order valence-corrected chi connectivity index (χ1v) is 6.96. The van der Waals surface area contributed by atoms with E-state index in [-0.39, 0.29) is 40.0 Å². The molecule has 0 fully saturated rings. The zero-order valence-corrected chi connectivity index (χ0v) is 13.1. The van der Waals surface area contributed by atoms with Gasteiger partial charge in [0.15, 0.2) is 0 Å². The van der Waals surface area contributed by atoms with Crippen LogP contribution in [0, 0.1) is 11.3 Å². The van der Waals surface area contributed by atoms with Crippen molar-refractivity contribution in [3.63, 3.8) is 0 Å². The Hall–Kier alpha value is -1.59. The maximum atomic E-state index is 12.1. The maximum Gasteiger partial charge on any atom is 0.335 e. The molecule has 0 spiro atoms. The second-order valence-corrected chi connectivity index (χ2v) is 6.36. The van der Waals surface area contributed by atoms with Crippen LogP contribution in [0.5, 0.6) is 0 Å². The van der Waals surface area contributed by atoms with Gasteiger partial charge in [-0.25, -0.2) is 4.79 Å². The van der Waals surface area contributed by atoms with E-state index in [0.29, 0.717) is 6.54 Å². The number of carboxylic acids is 1. The lowest BCUT2D eigenvalue weighted by Crippen LogP contribution is -2.37.